The van der Waals surface area contributed by atoms with Gasteiger partial charge in [-0.3, -0.25) is 0 Å². The molecule has 0 spiro atoms. The van der Waals surface area contributed by atoms with Gasteiger partial charge in [0.2, 0.25) is 0 Å². The third-order valence-electron chi connectivity index (χ3n) is 4.43. The molecule has 0 aliphatic heterocycles. The quantitative estimate of drug-likeness (QED) is 0.837. The molecule has 1 heteroatoms. The molecule has 2 aromatic carbocycles. The second-order valence-electron chi connectivity index (χ2n) is 5.97. The average molecular weight is 265 g/mol. The minimum absolute atomic E-state index is 0.345. The third kappa shape index (κ3) is 3.10. The van der Waals surface area contributed by atoms with Crippen molar-refractivity contribution in [3.8, 4) is 0 Å². The molecule has 0 heterocycles. The normalized spacial score (nSPS) is 18.1. The Morgan fingerprint density at radius 2 is 1.75 bits per heavy atom. The first kappa shape index (κ1) is 13.4. The van der Waals surface area contributed by atoms with E-state index >= 15 is 0 Å². The van der Waals surface area contributed by atoms with Crippen molar-refractivity contribution in [1.29, 1.82) is 0 Å². The molecule has 0 saturated carbocycles. The SMILES string of the molecule is NC(CCCc1ccccc1)CC1Cc2ccccc21. The van der Waals surface area contributed by atoms with Crippen LogP contribution in [0.2, 0.25) is 0 Å². The summed E-state index contributed by atoms with van der Waals surface area (Å²) in [6, 6.07) is 19.8. The standard InChI is InChI=1S/C19H23N/c20-18(11-6-9-15-7-2-1-3-8-15)14-17-13-16-10-4-5-12-19(16)17/h1-5,7-8,10,12,17-18H,6,9,11,13-14,20H2. The highest BCUT2D eigenvalue weighted by atomic mass is 14.6. The molecule has 0 radical (unpaired) electrons. The summed E-state index contributed by atoms with van der Waals surface area (Å²) in [5, 5.41) is 0. The Balaban J connectivity index is 1.42. The van der Waals surface area contributed by atoms with Crippen LogP contribution < -0.4 is 5.73 Å². The van der Waals surface area contributed by atoms with Crippen LogP contribution in [0.3, 0.4) is 0 Å². The van der Waals surface area contributed by atoms with Gasteiger partial charge in [-0.15, -0.1) is 0 Å². The van der Waals surface area contributed by atoms with Crippen LogP contribution in [0.15, 0.2) is 54.6 Å². The van der Waals surface area contributed by atoms with Crippen LogP contribution in [0.25, 0.3) is 0 Å². The topological polar surface area (TPSA) is 26.0 Å². The van der Waals surface area contributed by atoms with E-state index in [0.29, 0.717) is 12.0 Å². The van der Waals surface area contributed by atoms with Gasteiger partial charge in [-0.05, 0) is 54.7 Å². The zero-order valence-electron chi connectivity index (χ0n) is 12.0. The molecule has 1 aliphatic carbocycles. The predicted octanol–water partition coefficient (Wildman–Crippen LogP) is 4.07. The van der Waals surface area contributed by atoms with Gasteiger partial charge < -0.3 is 5.73 Å². The van der Waals surface area contributed by atoms with Gasteiger partial charge in [-0.25, -0.2) is 0 Å². The van der Waals surface area contributed by atoms with E-state index in [4.69, 9.17) is 5.73 Å². The Hall–Kier alpha value is -1.60. The van der Waals surface area contributed by atoms with E-state index in [1.54, 1.807) is 0 Å². The van der Waals surface area contributed by atoms with E-state index < -0.39 is 0 Å². The van der Waals surface area contributed by atoms with Crippen LogP contribution in [-0.4, -0.2) is 6.04 Å². The number of hydrogen-bond donors (Lipinski definition) is 1. The number of benzene rings is 2. The van der Waals surface area contributed by atoms with Crippen molar-refractivity contribution in [2.45, 2.75) is 44.1 Å². The molecular weight excluding hydrogens is 242 g/mol. The van der Waals surface area contributed by atoms with Gasteiger partial charge in [0.15, 0.2) is 0 Å². The van der Waals surface area contributed by atoms with Crippen LogP contribution in [-0.2, 0) is 12.8 Å². The Kier molecular flexibility index (Phi) is 4.17. The van der Waals surface area contributed by atoms with Crippen molar-refractivity contribution >= 4 is 0 Å². The lowest BCUT2D eigenvalue weighted by Gasteiger charge is -2.32. The fourth-order valence-corrected chi connectivity index (χ4v) is 3.27. The van der Waals surface area contributed by atoms with E-state index in [2.05, 4.69) is 54.6 Å². The predicted molar refractivity (Wildman–Crippen MR) is 84.9 cm³/mol. The molecule has 0 saturated heterocycles. The summed E-state index contributed by atoms with van der Waals surface area (Å²) >= 11 is 0. The third-order valence-corrected chi connectivity index (χ3v) is 4.43. The lowest BCUT2D eigenvalue weighted by Crippen LogP contribution is -2.28. The van der Waals surface area contributed by atoms with Crippen molar-refractivity contribution in [2.24, 2.45) is 5.73 Å². The van der Waals surface area contributed by atoms with E-state index in [-0.39, 0.29) is 0 Å². The number of hydrogen-bond acceptors (Lipinski definition) is 1. The lowest BCUT2D eigenvalue weighted by atomic mass is 9.74. The molecule has 104 valence electrons. The molecule has 3 rings (SSSR count). The van der Waals surface area contributed by atoms with Gasteiger partial charge in [0.1, 0.15) is 0 Å². The number of fused-ring (bicyclic) bond motifs is 1. The van der Waals surface area contributed by atoms with Gasteiger partial charge >= 0.3 is 0 Å². The van der Waals surface area contributed by atoms with Crippen molar-refractivity contribution in [3.63, 3.8) is 0 Å². The van der Waals surface area contributed by atoms with E-state index in [0.717, 1.165) is 19.3 Å². The van der Waals surface area contributed by atoms with Gasteiger partial charge in [-0.2, -0.15) is 0 Å². The van der Waals surface area contributed by atoms with Gasteiger partial charge in [-0.1, -0.05) is 54.6 Å². The van der Waals surface area contributed by atoms with Gasteiger partial charge in [0, 0.05) is 6.04 Å². The molecule has 1 aliphatic rings. The summed E-state index contributed by atoms with van der Waals surface area (Å²) in [4.78, 5) is 0. The summed E-state index contributed by atoms with van der Waals surface area (Å²) in [5.74, 6) is 0.706. The van der Waals surface area contributed by atoms with Crippen LogP contribution >= 0.6 is 0 Å². The second-order valence-corrected chi connectivity index (χ2v) is 5.97. The zero-order chi connectivity index (χ0) is 13.8. The second kappa shape index (κ2) is 6.23. The Labute approximate surface area is 121 Å². The summed E-state index contributed by atoms with van der Waals surface area (Å²) in [6.07, 6.45) is 5.84. The Morgan fingerprint density at radius 3 is 2.55 bits per heavy atom. The Bertz CT molecular complexity index is 547. The van der Waals surface area contributed by atoms with E-state index in [9.17, 15) is 0 Å². The lowest BCUT2D eigenvalue weighted by molar-refractivity contribution is 0.458. The van der Waals surface area contributed by atoms with Gasteiger partial charge in [0.25, 0.3) is 0 Å². The first-order valence-electron chi connectivity index (χ1n) is 7.70. The molecule has 20 heavy (non-hydrogen) atoms. The molecule has 0 fully saturated rings. The number of aryl methyl sites for hydroxylation is 1. The van der Waals surface area contributed by atoms with Crippen LogP contribution in [0.4, 0.5) is 0 Å². The van der Waals surface area contributed by atoms with Crippen LogP contribution in [0.5, 0.6) is 0 Å². The molecule has 1 nitrogen and oxygen atoms in total. The monoisotopic (exact) mass is 265 g/mol. The Morgan fingerprint density at radius 1 is 1.00 bits per heavy atom. The first-order valence-corrected chi connectivity index (χ1v) is 7.70. The number of rotatable bonds is 6. The highest BCUT2D eigenvalue weighted by Crippen LogP contribution is 2.38. The summed E-state index contributed by atoms with van der Waals surface area (Å²) < 4.78 is 0. The summed E-state index contributed by atoms with van der Waals surface area (Å²) in [7, 11) is 0. The van der Waals surface area contributed by atoms with Crippen molar-refractivity contribution in [3.05, 3.63) is 71.3 Å². The van der Waals surface area contributed by atoms with Crippen molar-refractivity contribution in [2.75, 3.05) is 0 Å². The molecule has 2 aromatic rings. The number of nitrogens with two attached hydrogens (primary N) is 1. The highest BCUT2D eigenvalue weighted by molar-refractivity contribution is 5.39. The van der Waals surface area contributed by atoms with Gasteiger partial charge in [0.05, 0.1) is 0 Å². The van der Waals surface area contributed by atoms with Crippen molar-refractivity contribution in [1.82, 2.24) is 0 Å². The molecule has 0 bridgehead atoms. The maximum Gasteiger partial charge on any atom is 0.00448 e. The molecule has 2 unspecified atom stereocenters. The van der Waals surface area contributed by atoms with Crippen LogP contribution in [0, 0.1) is 0 Å². The van der Waals surface area contributed by atoms with Crippen LogP contribution in [0.1, 0.15) is 41.9 Å². The maximum atomic E-state index is 6.31. The fourth-order valence-electron chi connectivity index (χ4n) is 3.27. The highest BCUT2D eigenvalue weighted by Gasteiger charge is 2.26. The minimum atomic E-state index is 0.345. The molecule has 0 amide bonds. The summed E-state index contributed by atoms with van der Waals surface area (Å²) in [6.45, 7) is 0. The molecule has 0 aromatic heterocycles. The smallest absolute Gasteiger partial charge is 0.00448 e. The molecule has 2 N–H and O–H groups in total. The largest absolute Gasteiger partial charge is 0.328 e. The molecule has 2 atom stereocenters. The first-order chi connectivity index (χ1) is 9.83. The average Bonchev–Trinajstić information content (AvgIpc) is 2.46. The van der Waals surface area contributed by atoms with E-state index in [1.807, 2.05) is 0 Å². The molecular formula is C19H23N. The van der Waals surface area contributed by atoms with E-state index in [1.165, 1.54) is 29.5 Å². The summed E-state index contributed by atoms with van der Waals surface area (Å²) in [5.41, 5.74) is 10.8. The maximum absolute atomic E-state index is 6.31. The fraction of sp³-hybridized carbons (Fsp3) is 0.368. The van der Waals surface area contributed by atoms with Crippen molar-refractivity contribution < 1.29 is 0 Å². The zero-order valence-corrected chi connectivity index (χ0v) is 12.0. The minimum Gasteiger partial charge on any atom is -0.328 e.